The van der Waals surface area contributed by atoms with Crippen molar-refractivity contribution in [1.29, 1.82) is 5.26 Å². The third kappa shape index (κ3) is 4.44. The van der Waals surface area contributed by atoms with E-state index in [1.54, 1.807) is 13.3 Å². The molecule has 2 aromatic rings. The van der Waals surface area contributed by atoms with Gasteiger partial charge in [0.05, 0.1) is 12.8 Å². The van der Waals surface area contributed by atoms with Gasteiger partial charge < -0.3 is 19.9 Å². The van der Waals surface area contributed by atoms with E-state index in [1.807, 2.05) is 66.4 Å². The Balaban J connectivity index is 1.64. The first-order valence-corrected chi connectivity index (χ1v) is 9.23. The van der Waals surface area contributed by atoms with Crippen molar-refractivity contribution in [2.24, 2.45) is 0 Å². The van der Waals surface area contributed by atoms with E-state index in [-0.39, 0.29) is 11.5 Å². The molecule has 144 valence electrons. The van der Waals surface area contributed by atoms with Crippen LogP contribution in [0, 0.1) is 18.3 Å². The number of ether oxygens (including phenoxy) is 1. The van der Waals surface area contributed by atoms with Crippen LogP contribution in [0.25, 0.3) is 0 Å². The number of nitriles is 1. The van der Waals surface area contributed by atoms with Crippen LogP contribution in [0.4, 0.5) is 11.4 Å². The zero-order valence-electron chi connectivity index (χ0n) is 16.2. The highest BCUT2D eigenvalue weighted by atomic mass is 16.5. The fraction of sp³-hybridized carbons (Fsp3) is 0.273. The van der Waals surface area contributed by atoms with Crippen LogP contribution in [0.2, 0.25) is 0 Å². The predicted molar refractivity (Wildman–Crippen MR) is 110 cm³/mol. The van der Waals surface area contributed by atoms with E-state index in [0.717, 1.165) is 48.9 Å². The molecule has 1 aliphatic heterocycles. The predicted octanol–water partition coefficient (Wildman–Crippen LogP) is 3.17. The topological polar surface area (TPSA) is 68.6 Å². The number of benzene rings is 2. The average molecular weight is 376 g/mol. The molecule has 0 radical (unpaired) electrons. The van der Waals surface area contributed by atoms with Gasteiger partial charge in [0.15, 0.2) is 0 Å². The highest BCUT2D eigenvalue weighted by Crippen LogP contribution is 2.28. The van der Waals surface area contributed by atoms with E-state index < -0.39 is 0 Å². The molecule has 1 saturated heterocycles. The summed E-state index contributed by atoms with van der Waals surface area (Å²) in [7, 11) is 1.67. The summed E-state index contributed by atoms with van der Waals surface area (Å²) in [4.78, 5) is 16.8. The minimum atomic E-state index is -0.385. The zero-order valence-corrected chi connectivity index (χ0v) is 16.2. The number of hydrogen-bond acceptors (Lipinski definition) is 5. The smallest absolute Gasteiger partial charge is 0.267 e. The number of methoxy groups -OCH3 is 1. The largest absolute Gasteiger partial charge is 0.495 e. The Morgan fingerprint density at radius 3 is 2.46 bits per heavy atom. The number of para-hydroxylation sites is 3. The van der Waals surface area contributed by atoms with Crippen LogP contribution in [0.5, 0.6) is 5.75 Å². The third-order valence-corrected chi connectivity index (χ3v) is 4.81. The molecule has 3 rings (SSSR count). The van der Waals surface area contributed by atoms with Crippen LogP contribution in [0.15, 0.2) is 60.3 Å². The molecular weight excluding hydrogens is 352 g/mol. The molecule has 1 amide bonds. The number of amides is 1. The van der Waals surface area contributed by atoms with Crippen molar-refractivity contribution in [2.75, 3.05) is 43.5 Å². The summed E-state index contributed by atoms with van der Waals surface area (Å²) < 4.78 is 5.44. The van der Waals surface area contributed by atoms with Gasteiger partial charge in [-0.15, -0.1) is 0 Å². The summed E-state index contributed by atoms with van der Waals surface area (Å²) in [6.45, 7) is 4.94. The van der Waals surface area contributed by atoms with Gasteiger partial charge in [-0.1, -0.05) is 30.3 Å². The summed E-state index contributed by atoms with van der Waals surface area (Å²) >= 11 is 0. The van der Waals surface area contributed by atoms with Crippen molar-refractivity contribution in [3.05, 3.63) is 65.9 Å². The Kier molecular flexibility index (Phi) is 6.18. The zero-order chi connectivity index (χ0) is 19.9. The maximum absolute atomic E-state index is 12.5. The Labute approximate surface area is 165 Å². The van der Waals surface area contributed by atoms with Gasteiger partial charge in [-0.2, -0.15) is 5.26 Å². The van der Waals surface area contributed by atoms with E-state index in [4.69, 9.17) is 4.74 Å². The molecule has 6 nitrogen and oxygen atoms in total. The summed E-state index contributed by atoms with van der Waals surface area (Å²) in [5, 5.41) is 12.3. The highest BCUT2D eigenvalue weighted by molar-refractivity contribution is 6.06. The van der Waals surface area contributed by atoms with Crippen molar-refractivity contribution in [2.45, 2.75) is 6.92 Å². The number of nitrogens with zero attached hydrogens (tertiary/aromatic N) is 3. The molecule has 0 aliphatic carbocycles. The minimum absolute atomic E-state index is 0.106. The lowest BCUT2D eigenvalue weighted by Crippen LogP contribution is -2.44. The summed E-state index contributed by atoms with van der Waals surface area (Å²) in [5.41, 5.74) is 2.84. The number of anilines is 2. The van der Waals surface area contributed by atoms with E-state index in [2.05, 4.69) is 10.2 Å². The molecule has 28 heavy (non-hydrogen) atoms. The number of nitrogens with one attached hydrogen (secondary N) is 1. The summed E-state index contributed by atoms with van der Waals surface area (Å²) in [6.07, 6.45) is 1.66. The molecule has 1 N–H and O–H groups in total. The molecule has 0 spiro atoms. The molecule has 1 fully saturated rings. The second-order valence-corrected chi connectivity index (χ2v) is 6.62. The van der Waals surface area contributed by atoms with Crippen LogP contribution < -0.4 is 15.0 Å². The standard InChI is InChI=1S/C22H24N4O2/c1-17-7-3-4-8-19(17)24-22(27)18(15-23)16-25-11-13-26(14-12-25)20-9-5-6-10-21(20)28-2/h3-10,16H,11-14H2,1-2H3,(H,24,27)/b18-16-. The van der Waals surface area contributed by atoms with Gasteiger partial charge in [-0.3, -0.25) is 4.79 Å². The summed E-state index contributed by atoms with van der Waals surface area (Å²) in [5.74, 6) is 0.464. The molecule has 6 heteroatoms. The molecule has 1 aliphatic rings. The number of carbonyl (C=O) groups excluding carboxylic acids is 1. The number of hydrogen-bond donors (Lipinski definition) is 1. The van der Waals surface area contributed by atoms with Crippen LogP contribution in [-0.2, 0) is 4.79 Å². The molecule has 0 saturated carbocycles. The van der Waals surface area contributed by atoms with E-state index in [0.29, 0.717) is 0 Å². The molecule has 2 aromatic carbocycles. The van der Waals surface area contributed by atoms with E-state index in [1.165, 1.54) is 0 Å². The second kappa shape index (κ2) is 8.96. The Hall–Kier alpha value is -3.46. The lowest BCUT2D eigenvalue weighted by Gasteiger charge is -2.36. The van der Waals surface area contributed by atoms with Gasteiger partial charge >= 0.3 is 0 Å². The maximum Gasteiger partial charge on any atom is 0.267 e. The Bertz CT molecular complexity index is 909. The second-order valence-electron chi connectivity index (χ2n) is 6.62. The first-order valence-electron chi connectivity index (χ1n) is 9.23. The molecule has 0 bridgehead atoms. The number of aryl methyl sites for hydroxylation is 1. The number of piperazine rings is 1. The number of carbonyl (C=O) groups is 1. The normalized spacial score (nSPS) is 14.4. The van der Waals surface area contributed by atoms with Gasteiger partial charge in [-0.25, -0.2) is 0 Å². The van der Waals surface area contributed by atoms with Crippen molar-refractivity contribution < 1.29 is 9.53 Å². The summed E-state index contributed by atoms with van der Waals surface area (Å²) in [6, 6.07) is 17.5. The lowest BCUT2D eigenvalue weighted by atomic mass is 10.2. The van der Waals surface area contributed by atoms with Crippen molar-refractivity contribution in [1.82, 2.24) is 4.90 Å². The van der Waals surface area contributed by atoms with Gasteiger partial charge in [0.1, 0.15) is 17.4 Å². The lowest BCUT2D eigenvalue weighted by molar-refractivity contribution is -0.112. The average Bonchev–Trinajstić information content (AvgIpc) is 2.74. The van der Waals surface area contributed by atoms with Crippen LogP contribution in [-0.4, -0.2) is 44.1 Å². The maximum atomic E-state index is 12.5. The number of rotatable bonds is 5. The molecule has 0 aromatic heterocycles. The highest BCUT2D eigenvalue weighted by Gasteiger charge is 2.19. The SMILES string of the molecule is COc1ccccc1N1CCN(/C=C(/C#N)C(=O)Nc2ccccc2C)CC1. The van der Waals surface area contributed by atoms with Crippen LogP contribution in [0.1, 0.15) is 5.56 Å². The Morgan fingerprint density at radius 1 is 1.11 bits per heavy atom. The fourth-order valence-corrected chi connectivity index (χ4v) is 3.21. The Morgan fingerprint density at radius 2 is 1.79 bits per heavy atom. The van der Waals surface area contributed by atoms with Gasteiger partial charge in [-0.05, 0) is 30.7 Å². The third-order valence-electron chi connectivity index (χ3n) is 4.81. The molecule has 1 heterocycles. The fourth-order valence-electron chi connectivity index (χ4n) is 3.21. The van der Waals surface area contributed by atoms with E-state index >= 15 is 0 Å². The first-order chi connectivity index (χ1) is 13.6. The first kappa shape index (κ1) is 19.3. The van der Waals surface area contributed by atoms with Crippen molar-refractivity contribution in [3.8, 4) is 11.8 Å². The van der Waals surface area contributed by atoms with Gasteiger partial charge in [0, 0.05) is 38.1 Å². The van der Waals surface area contributed by atoms with Crippen molar-refractivity contribution >= 4 is 17.3 Å². The molecular formula is C22H24N4O2. The molecule has 0 unspecified atom stereocenters. The van der Waals surface area contributed by atoms with Crippen molar-refractivity contribution in [3.63, 3.8) is 0 Å². The van der Waals surface area contributed by atoms with Gasteiger partial charge in [0.25, 0.3) is 5.91 Å². The quantitative estimate of drug-likeness (QED) is 0.641. The van der Waals surface area contributed by atoms with Crippen LogP contribution in [0.3, 0.4) is 0 Å². The monoisotopic (exact) mass is 376 g/mol. The molecule has 0 atom stereocenters. The van der Waals surface area contributed by atoms with E-state index in [9.17, 15) is 10.1 Å². The minimum Gasteiger partial charge on any atom is -0.495 e. The van der Waals surface area contributed by atoms with Gasteiger partial charge in [0.2, 0.25) is 0 Å². The van der Waals surface area contributed by atoms with Crippen LogP contribution >= 0.6 is 0 Å².